The lowest BCUT2D eigenvalue weighted by Gasteiger charge is -2.19. The van der Waals surface area contributed by atoms with E-state index in [2.05, 4.69) is 5.32 Å². The van der Waals surface area contributed by atoms with Gasteiger partial charge in [-0.05, 0) is 43.2 Å². The standard InChI is InChI=1S/C23H26N2O5/c1-16-5-7-17(8-6-16)20(14-23(28)29-2)24-21(26)15-30-19-11-9-18(10-12-19)25-13-3-4-22(25)27/h5-12,20H,3-4,13-15H2,1-2H3,(H,24,26). The van der Waals surface area contributed by atoms with E-state index in [1.165, 1.54) is 7.11 Å². The topological polar surface area (TPSA) is 84.9 Å². The summed E-state index contributed by atoms with van der Waals surface area (Å²) in [6, 6.07) is 14.2. The van der Waals surface area contributed by atoms with Crippen LogP contribution in [0.15, 0.2) is 48.5 Å². The number of rotatable bonds is 8. The van der Waals surface area contributed by atoms with E-state index in [4.69, 9.17) is 9.47 Å². The molecule has 1 heterocycles. The quantitative estimate of drug-likeness (QED) is 0.677. The van der Waals surface area contributed by atoms with Crippen LogP contribution in [0.3, 0.4) is 0 Å². The van der Waals surface area contributed by atoms with Gasteiger partial charge in [0.2, 0.25) is 5.91 Å². The van der Waals surface area contributed by atoms with Crippen molar-refractivity contribution in [2.24, 2.45) is 0 Å². The summed E-state index contributed by atoms with van der Waals surface area (Å²) in [6.45, 7) is 2.50. The fraction of sp³-hybridized carbons (Fsp3) is 0.348. The van der Waals surface area contributed by atoms with Gasteiger partial charge in [-0.15, -0.1) is 0 Å². The SMILES string of the molecule is COC(=O)CC(NC(=O)COc1ccc(N2CCCC2=O)cc1)c1ccc(C)cc1. The first kappa shape index (κ1) is 21.4. The summed E-state index contributed by atoms with van der Waals surface area (Å²) in [6.07, 6.45) is 1.47. The number of benzene rings is 2. The third kappa shape index (κ3) is 5.59. The Bertz CT molecular complexity index is 893. The number of aryl methyl sites for hydroxylation is 1. The first-order chi connectivity index (χ1) is 14.5. The molecular formula is C23H26N2O5. The Morgan fingerprint density at radius 3 is 2.40 bits per heavy atom. The molecule has 1 fully saturated rings. The maximum Gasteiger partial charge on any atom is 0.307 e. The number of carbonyl (C=O) groups is 3. The lowest BCUT2D eigenvalue weighted by Crippen LogP contribution is -2.34. The Labute approximate surface area is 176 Å². The van der Waals surface area contributed by atoms with E-state index in [1.54, 1.807) is 17.0 Å². The molecular weight excluding hydrogens is 384 g/mol. The number of amides is 2. The van der Waals surface area contributed by atoms with Gasteiger partial charge in [-0.2, -0.15) is 0 Å². The fourth-order valence-electron chi connectivity index (χ4n) is 3.33. The first-order valence-electron chi connectivity index (χ1n) is 9.92. The Morgan fingerprint density at radius 1 is 1.10 bits per heavy atom. The average molecular weight is 410 g/mol. The van der Waals surface area contributed by atoms with Gasteiger partial charge in [-0.3, -0.25) is 14.4 Å². The molecule has 1 saturated heterocycles. The van der Waals surface area contributed by atoms with Crippen molar-refractivity contribution >= 4 is 23.5 Å². The molecule has 1 unspecified atom stereocenters. The molecule has 0 aliphatic carbocycles. The highest BCUT2D eigenvalue weighted by molar-refractivity contribution is 5.95. The average Bonchev–Trinajstić information content (AvgIpc) is 3.18. The minimum atomic E-state index is -0.502. The van der Waals surface area contributed by atoms with Crippen LogP contribution in [0.4, 0.5) is 5.69 Å². The van der Waals surface area contributed by atoms with Gasteiger partial charge in [-0.1, -0.05) is 29.8 Å². The second-order valence-electron chi connectivity index (χ2n) is 7.24. The molecule has 2 aromatic rings. The number of ether oxygens (including phenoxy) is 2. The van der Waals surface area contributed by atoms with Crippen molar-refractivity contribution in [1.82, 2.24) is 5.32 Å². The number of hydrogen-bond donors (Lipinski definition) is 1. The highest BCUT2D eigenvalue weighted by Gasteiger charge is 2.22. The molecule has 1 N–H and O–H groups in total. The molecule has 30 heavy (non-hydrogen) atoms. The minimum Gasteiger partial charge on any atom is -0.484 e. The Hall–Kier alpha value is -3.35. The van der Waals surface area contributed by atoms with Crippen LogP contribution in [0.5, 0.6) is 5.75 Å². The molecule has 2 amide bonds. The van der Waals surface area contributed by atoms with Gasteiger partial charge in [0.25, 0.3) is 5.91 Å². The first-order valence-corrected chi connectivity index (χ1v) is 9.92. The number of nitrogens with zero attached hydrogens (tertiary/aromatic N) is 1. The Kier molecular flexibility index (Phi) is 7.06. The summed E-state index contributed by atoms with van der Waals surface area (Å²) in [5, 5.41) is 2.83. The molecule has 158 valence electrons. The Balaban J connectivity index is 1.57. The van der Waals surface area contributed by atoms with Crippen LogP contribution in [0.1, 0.15) is 36.4 Å². The maximum atomic E-state index is 12.4. The van der Waals surface area contributed by atoms with Crippen molar-refractivity contribution in [2.75, 3.05) is 25.2 Å². The normalized spacial score (nSPS) is 14.3. The summed E-state index contributed by atoms with van der Waals surface area (Å²) < 4.78 is 10.3. The van der Waals surface area contributed by atoms with Gasteiger partial charge in [0, 0.05) is 18.7 Å². The molecule has 1 atom stereocenters. The summed E-state index contributed by atoms with van der Waals surface area (Å²) in [5.74, 6) is -0.103. The summed E-state index contributed by atoms with van der Waals surface area (Å²) in [4.78, 5) is 37.7. The Morgan fingerprint density at radius 2 is 1.80 bits per heavy atom. The number of esters is 1. The lowest BCUT2D eigenvalue weighted by atomic mass is 10.0. The fourth-order valence-corrected chi connectivity index (χ4v) is 3.33. The van der Waals surface area contributed by atoms with Gasteiger partial charge in [-0.25, -0.2) is 0 Å². The molecule has 7 heteroatoms. The monoisotopic (exact) mass is 410 g/mol. The number of carbonyl (C=O) groups excluding carboxylic acids is 3. The van der Waals surface area contributed by atoms with Crippen molar-refractivity contribution in [3.05, 3.63) is 59.7 Å². The molecule has 3 rings (SSSR count). The van der Waals surface area contributed by atoms with Crippen LogP contribution < -0.4 is 15.0 Å². The van der Waals surface area contributed by atoms with Crippen LogP contribution in [0.25, 0.3) is 0 Å². The van der Waals surface area contributed by atoms with Gasteiger partial charge in [0.1, 0.15) is 5.75 Å². The van der Waals surface area contributed by atoms with E-state index in [9.17, 15) is 14.4 Å². The van der Waals surface area contributed by atoms with Crippen molar-refractivity contribution in [1.29, 1.82) is 0 Å². The van der Waals surface area contributed by atoms with E-state index in [1.807, 2.05) is 43.3 Å². The van der Waals surface area contributed by atoms with Crippen molar-refractivity contribution < 1.29 is 23.9 Å². The van der Waals surface area contributed by atoms with E-state index in [0.717, 1.165) is 29.8 Å². The molecule has 1 aliphatic rings. The second kappa shape index (κ2) is 9.91. The highest BCUT2D eigenvalue weighted by Crippen LogP contribution is 2.24. The van der Waals surface area contributed by atoms with E-state index >= 15 is 0 Å². The number of anilines is 1. The summed E-state index contributed by atoms with van der Waals surface area (Å²) >= 11 is 0. The van der Waals surface area contributed by atoms with Crippen molar-refractivity contribution in [3.8, 4) is 5.75 Å². The number of hydrogen-bond acceptors (Lipinski definition) is 5. The van der Waals surface area contributed by atoms with Crippen molar-refractivity contribution in [2.45, 2.75) is 32.2 Å². The van der Waals surface area contributed by atoms with Crippen LogP contribution in [-0.4, -0.2) is 38.0 Å². The second-order valence-corrected chi connectivity index (χ2v) is 7.24. The van der Waals surface area contributed by atoms with Gasteiger partial charge in [0.15, 0.2) is 6.61 Å². The van der Waals surface area contributed by atoms with Crippen LogP contribution in [-0.2, 0) is 19.1 Å². The molecule has 0 bridgehead atoms. The molecule has 0 saturated carbocycles. The third-order valence-corrected chi connectivity index (χ3v) is 5.01. The third-order valence-electron chi connectivity index (χ3n) is 5.01. The number of methoxy groups -OCH3 is 1. The smallest absolute Gasteiger partial charge is 0.307 e. The summed E-state index contributed by atoms with van der Waals surface area (Å²) in [5.41, 5.74) is 2.73. The molecule has 7 nitrogen and oxygen atoms in total. The van der Waals surface area contributed by atoms with Gasteiger partial charge < -0.3 is 19.7 Å². The van der Waals surface area contributed by atoms with Crippen LogP contribution in [0.2, 0.25) is 0 Å². The molecule has 0 aromatic heterocycles. The summed E-state index contributed by atoms with van der Waals surface area (Å²) in [7, 11) is 1.32. The van der Waals surface area contributed by atoms with Gasteiger partial charge >= 0.3 is 5.97 Å². The molecule has 2 aromatic carbocycles. The zero-order valence-electron chi connectivity index (χ0n) is 17.2. The van der Waals surface area contributed by atoms with E-state index in [-0.39, 0.29) is 24.8 Å². The molecule has 0 spiro atoms. The predicted molar refractivity (Wildman–Crippen MR) is 112 cm³/mol. The van der Waals surface area contributed by atoms with Gasteiger partial charge in [0.05, 0.1) is 19.6 Å². The minimum absolute atomic E-state index is 0.0316. The van der Waals surface area contributed by atoms with Crippen LogP contribution in [0, 0.1) is 6.92 Å². The highest BCUT2D eigenvalue weighted by atomic mass is 16.5. The molecule has 1 aliphatic heterocycles. The maximum absolute atomic E-state index is 12.4. The number of nitrogens with one attached hydrogen (secondary N) is 1. The van der Waals surface area contributed by atoms with E-state index < -0.39 is 12.0 Å². The lowest BCUT2D eigenvalue weighted by molar-refractivity contribution is -0.141. The predicted octanol–water partition coefficient (Wildman–Crippen LogP) is 2.92. The van der Waals surface area contributed by atoms with Crippen LogP contribution >= 0.6 is 0 Å². The zero-order valence-corrected chi connectivity index (χ0v) is 17.2. The van der Waals surface area contributed by atoms with E-state index in [0.29, 0.717) is 12.2 Å². The molecule has 0 radical (unpaired) electrons. The largest absolute Gasteiger partial charge is 0.484 e. The van der Waals surface area contributed by atoms with Crippen molar-refractivity contribution in [3.63, 3.8) is 0 Å². The zero-order chi connectivity index (χ0) is 21.5.